The molecule has 1 aromatic carbocycles. The molecular formula is C10H13N3O. The number of rotatable bonds is 2. The number of carbonyl (C=O) groups excluding carboxylic acids is 1. The summed E-state index contributed by atoms with van der Waals surface area (Å²) < 4.78 is 0. The molecule has 1 amide bonds. The van der Waals surface area contributed by atoms with E-state index < -0.39 is 5.91 Å². The second-order valence-electron chi connectivity index (χ2n) is 3.48. The summed E-state index contributed by atoms with van der Waals surface area (Å²) in [6, 6.07) is 5.21. The highest BCUT2D eigenvalue weighted by atomic mass is 16.1. The molecule has 0 radical (unpaired) electrons. The molecule has 1 aliphatic rings. The summed E-state index contributed by atoms with van der Waals surface area (Å²) in [5.41, 5.74) is 13.1. The Balaban J connectivity index is 2.30. The third-order valence-corrected chi connectivity index (χ3v) is 2.51. The Morgan fingerprint density at radius 1 is 1.36 bits per heavy atom. The zero-order valence-corrected chi connectivity index (χ0v) is 7.86. The van der Waals surface area contributed by atoms with Gasteiger partial charge < -0.3 is 16.4 Å². The minimum Gasteiger partial charge on any atom is -0.397 e. The molecule has 2 rings (SSSR count). The molecule has 0 spiro atoms. The number of primary amides is 1. The van der Waals surface area contributed by atoms with E-state index in [-0.39, 0.29) is 0 Å². The summed E-state index contributed by atoms with van der Waals surface area (Å²) in [4.78, 5) is 13.1. The van der Waals surface area contributed by atoms with Crippen molar-refractivity contribution in [2.24, 2.45) is 5.73 Å². The number of anilines is 2. The Labute approximate surface area is 82.5 Å². The quantitative estimate of drug-likeness (QED) is 0.671. The first kappa shape index (κ1) is 8.87. The summed E-state index contributed by atoms with van der Waals surface area (Å²) in [5.74, 6) is -0.438. The van der Waals surface area contributed by atoms with Crippen LogP contribution in [0.4, 0.5) is 11.4 Å². The maximum absolute atomic E-state index is 10.9. The average molecular weight is 191 g/mol. The van der Waals surface area contributed by atoms with Gasteiger partial charge in [0.1, 0.15) is 0 Å². The van der Waals surface area contributed by atoms with Gasteiger partial charge in [-0.3, -0.25) is 4.79 Å². The van der Waals surface area contributed by atoms with Crippen LogP contribution in [-0.2, 0) is 0 Å². The van der Waals surface area contributed by atoms with Gasteiger partial charge in [-0.1, -0.05) is 0 Å². The zero-order chi connectivity index (χ0) is 10.1. The van der Waals surface area contributed by atoms with E-state index in [9.17, 15) is 4.79 Å². The smallest absolute Gasteiger partial charge is 0.248 e. The van der Waals surface area contributed by atoms with Crippen LogP contribution >= 0.6 is 0 Å². The van der Waals surface area contributed by atoms with Crippen LogP contribution in [-0.4, -0.2) is 19.0 Å². The molecule has 1 heterocycles. The van der Waals surface area contributed by atoms with Gasteiger partial charge in [-0.05, 0) is 24.6 Å². The van der Waals surface area contributed by atoms with Crippen molar-refractivity contribution in [2.75, 3.05) is 23.7 Å². The van der Waals surface area contributed by atoms with Crippen molar-refractivity contribution in [2.45, 2.75) is 6.42 Å². The lowest BCUT2D eigenvalue weighted by Gasteiger charge is -2.34. The third kappa shape index (κ3) is 1.39. The van der Waals surface area contributed by atoms with E-state index in [1.807, 2.05) is 6.07 Å². The lowest BCUT2D eigenvalue weighted by atomic mass is 10.1. The number of nitrogens with two attached hydrogens (primary N) is 2. The van der Waals surface area contributed by atoms with Gasteiger partial charge in [0.05, 0.1) is 11.4 Å². The Morgan fingerprint density at radius 3 is 2.50 bits per heavy atom. The predicted molar refractivity (Wildman–Crippen MR) is 56.2 cm³/mol. The van der Waals surface area contributed by atoms with E-state index in [1.54, 1.807) is 12.1 Å². The number of amides is 1. The minimum absolute atomic E-state index is 0.438. The second-order valence-corrected chi connectivity index (χ2v) is 3.48. The fraction of sp³-hybridized carbons (Fsp3) is 0.300. The summed E-state index contributed by atoms with van der Waals surface area (Å²) in [6.45, 7) is 2.08. The minimum atomic E-state index is -0.438. The van der Waals surface area contributed by atoms with E-state index in [0.717, 1.165) is 18.8 Å². The maximum Gasteiger partial charge on any atom is 0.248 e. The van der Waals surface area contributed by atoms with E-state index in [2.05, 4.69) is 4.90 Å². The predicted octanol–water partition coefficient (Wildman–Crippen LogP) is 0.578. The van der Waals surface area contributed by atoms with Crippen LogP contribution in [0.3, 0.4) is 0 Å². The van der Waals surface area contributed by atoms with Crippen LogP contribution in [0, 0.1) is 0 Å². The number of benzene rings is 1. The first-order valence-corrected chi connectivity index (χ1v) is 4.63. The van der Waals surface area contributed by atoms with Crippen molar-refractivity contribution < 1.29 is 4.79 Å². The summed E-state index contributed by atoms with van der Waals surface area (Å²) in [6.07, 6.45) is 1.21. The Morgan fingerprint density at radius 2 is 2.07 bits per heavy atom. The first-order chi connectivity index (χ1) is 6.68. The fourth-order valence-electron chi connectivity index (χ4n) is 1.55. The molecule has 0 aromatic heterocycles. The molecule has 0 saturated carbocycles. The topological polar surface area (TPSA) is 72.4 Å². The maximum atomic E-state index is 10.9. The Hall–Kier alpha value is -1.71. The number of nitrogens with zero attached hydrogens (tertiary/aromatic N) is 1. The van der Waals surface area contributed by atoms with Gasteiger partial charge in [0.25, 0.3) is 0 Å². The Kier molecular flexibility index (Phi) is 2.04. The number of hydrogen-bond acceptors (Lipinski definition) is 3. The molecule has 1 saturated heterocycles. The molecule has 74 valence electrons. The molecule has 0 bridgehead atoms. The lowest BCUT2D eigenvalue weighted by molar-refractivity contribution is 0.100. The number of nitrogen functional groups attached to an aromatic ring is 1. The highest BCUT2D eigenvalue weighted by Crippen LogP contribution is 2.27. The van der Waals surface area contributed by atoms with Crippen LogP contribution in [0.2, 0.25) is 0 Å². The van der Waals surface area contributed by atoms with E-state index in [0.29, 0.717) is 11.3 Å². The van der Waals surface area contributed by atoms with Crippen LogP contribution in [0.25, 0.3) is 0 Å². The van der Waals surface area contributed by atoms with Gasteiger partial charge in [-0.2, -0.15) is 0 Å². The van der Waals surface area contributed by atoms with Crippen LogP contribution < -0.4 is 16.4 Å². The molecule has 0 unspecified atom stereocenters. The monoisotopic (exact) mass is 191 g/mol. The molecule has 4 heteroatoms. The van der Waals surface area contributed by atoms with Crippen molar-refractivity contribution in [3.05, 3.63) is 23.8 Å². The normalized spacial score (nSPS) is 15.0. The van der Waals surface area contributed by atoms with Crippen molar-refractivity contribution in [3.63, 3.8) is 0 Å². The van der Waals surface area contributed by atoms with Gasteiger partial charge in [-0.25, -0.2) is 0 Å². The SMILES string of the molecule is NC(=O)c1ccc(N2CCC2)c(N)c1. The molecule has 14 heavy (non-hydrogen) atoms. The highest BCUT2D eigenvalue weighted by molar-refractivity contribution is 5.94. The third-order valence-electron chi connectivity index (χ3n) is 2.51. The zero-order valence-electron chi connectivity index (χ0n) is 7.86. The van der Waals surface area contributed by atoms with Gasteiger partial charge in [-0.15, -0.1) is 0 Å². The van der Waals surface area contributed by atoms with E-state index in [1.165, 1.54) is 6.42 Å². The van der Waals surface area contributed by atoms with Crippen molar-refractivity contribution >= 4 is 17.3 Å². The summed E-state index contributed by atoms with van der Waals surface area (Å²) in [7, 11) is 0. The molecule has 0 aliphatic carbocycles. The van der Waals surface area contributed by atoms with Crippen molar-refractivity contribution in [1.29, 1.82) is 0 Å². The highest BCUT2D eigenvalue weighted by Gasteiger charge is 2.17. The van der Waals surface area contributed by atoms with Crippen LogP contribution in [0.15, 0.2) is 18.2 Å². The fourth-order valence-corrected chi connectivity index (χ4v) is 1.55. The number of carbonyl (C=O) groups is 1. The van der Waals surface area contributed by atoms with E-state index in [4.69, 9.17) is 11.5 Å². The van der Waals surface area contributed by atoms with Crippen molar-refractivity contribution in [1.82, 2.24) is 0 Å². The van der Waals surface area contributed by atoms with Gasteiger partial charge >= 0.3 is 0 Å². The number of hydrogen-bond donors (Lipinski definition) is 2. The van der Waals surface area contributed by atoms with Gasteiger partial charge in [0, 0.05) is 18.7 Å². The van der Waals surface area contributed by atoms with Gasteiger partial charge in [0.2, 0.25) is 5.91 Å². The van der Waals surface area contributed by atoms with Crippen molar-refractivity contribution in [3.8, 4) is 0 Å². The van der Waals surface area contributed by atoms with Crippen LogP contribution in [0.1, 0.15) is 16.8 Å². The van der Waals surface area contributed by atoms with Gasteiger partial charge in [0.15, 0.2) is 0 Å². The average Bonchev–Trinajstić information content (AvgIpc) is 2.04. The molecule has 4 N–H and O–H groups in total. The molecular weight excluding hydrogens is 178 g/mol. The largest absolute Gasteiger partial charge is 0.397 e. The second kappa shape index (κ2) is 3.21. The van der Waals surface area contributed by atoms with Crippen LogP contribution in [0.5, 0.6) is 0 Å². The Bertz CT molecular complexity index is 372. The lowest BCUT2D eigenvalue weighted by Crippen LogP contribution is -2.37. The summed E-state index contributed by atoms with van der Waals surface area (Å²) in [5, 5.41) is 0. The molecule has 0 atom stereocenters. The molecule has 1 fully saturated rings. The van der Waals surface area contributed by atoms with E-state index >= 15 is 0 Å². The molecule has 1 aliphatic heterocycles. The first-order valence-electron chi connectivity index (χ1n) is 4.63. The molecule has 1 aromatic rings. The summed E-state index contributed by atoms with van der Waals surface area (Å²) >= 11 is 0. The molecule has 4 nitrogen and oxygen atoms in total. The standard InChI is InChI=1S/C10H13N3O/c11-8-6-7(10(12)14)2-3-9(8)13-4-1-5-13/h2-3,6H,1,4-5,11H2,(H2,12,14).